The number of hydrogen-bond acceptors (Lipinski definition) is 6. The number of halogens is 2. The van der Waals surface area contributed by atoms with Gasteiger partial charge in [-0.25, -0.2) is 0 Å². The van der Waals surface area contributed by atoms with Crippen molar-refractivity contribution in [1.29, 1.82) is 0 Å². The molecule has 1 aromatic heterocycles. The van der Waals surface area contributed by atoms with Gasteiger partial charge in [-0.15, -0.1) is 11.4 Å². The molecule has 0 N–H and O–H groups in total. The van der Waals surface area contributed by atoms with E-state index in [9.17, 15) is 8.42 Å². The van der Waals surface area contributed by atoms with Crippen molar-refractivity contribution < 1.29 is 30.8 Å². The minimum atomic E-state index is -3.79. The van der Waals surface area contributed by atoms with E-state index in [0.29, 0.717) is 28.6 Å². The Morgan fingerprint density at radius 1 is 0.906 bits per heavy atom. The second kappa shape index (κ2) is 13.7. The molecule has 0 amide bonds. The zero-order valence-corrected chi connectivity index (χ0v) is 21.1. The van der Waals surface area contributed by atoms with Gasteiger partial charge in [0.25, 0.3) is 10.0 Å². The first-order valence-corrected chi connectivity index (χ1v) is 14.0. The van der Waals surface area contributed by atoms with Crippen LogP contribution in [0.5, 0.6) is 5.75 Å². The van der Waals surface area contributed by atoms with Crippen molar-refractivity contribution in [2.24, 2.45) is 8.80 Å². The van der Waals surface area contributed by atoms with Crippen LogP contribution in [0.1, 0.15) is 25.2 Å². The Morgan fingerprint density at radius 3 is 2.03 bits per heavy atom. The molecule has 32 heavy (non-hydrogen) atoms. The van der Waals surface area contributed by atoms with Crippen LogP contribution < -0.4 is 9.87 Å². The van der Waals surface area contributed by atoms with Crippen molar-refractivity contribution >= 4 is 53.9 Å². The topological polar surface area (TPSA) is 91.4 Å². The molecule has 7 nitrogen and oxygen atoms in total. The molecular weight excluding hydrogens is 537 g/mol. The predicted octanol–water partition coefficient (Wildman–Crippen LogP) is 5.60. The van der Waals surface area contributed by atoms with Crippen LogP contribution in [0.15, 0.2) is 86.5 Å². The zero-order valence-electron chi connectivity index (χ0n) is 16.8. The number of benzene rings is 2. The predicted molar refractivity (Wildman–Crippen MR) is 125 cm³/mol. The Kier molecular flexibility index (Phi) is 11.3. The molecule has 0 saturated heterocycles. The molecule has 0 aliphatic heterocycles. The van der Waals surface area contributed by atoms with Crippen molar-refractivity contribution in [2.75, 3.05) is 0 Å². The molecule has 1 heterocycles. The summed E-state index contributed by atoms with van der Waals surface area (Å²) in [7, 11) is 5.74. The number of para-hydroxylation sites is 1. The van der Waals surface area contributed by atoms with E-state index in [1.807, 2.05) is 18.2 Å². The van der Waals surface area contributed by atoms with E-state index in [0.717, 1.165) is 12.2 Å². The van der Waals surface area contributed by atoms with E-state index in [1.165, 1.54) is 12.1 Å². The quantitative estimate of drug-likeness (QED) is 0.0684. The van der Waals surface area contributed by atoms with E-state index in [2.05, 4.69) is 13.8 Å². The fraction of sp³-hybridized carbons (Fsp3) is 0.100. The van der Waals surface area contributed by atoms with Gasteiger partial charge in [-0.05, 0) is 38.1 Å². The summed E-state index contributed by atoms with van der Waals surface area (Å²) in [5.74, 6) is 0.563. The molecule has 0 radical (unpaired) electrons. The van der Waals surface area contributed by atoms with Crippen LogP contribution in [0.2, 0.25) is 0 Å². The molecule has 171 valence electrons. The molecular formula is C20H18Cl2FeN3O4S2. The van der Waals surface area contributed by atoms with E-state index >= 15 is 0 Å². The molecule has 0 spiro atoms. The Morgan fingerprint density at radius 2 is 1.44 bits per heavy atom. The third-order valence-electron chi connectivity index (χ3n) is 3.76. The number of sulfonamides is 1. The normalized spacial score (nSPS) is 12.1. The third kappa shape index (κ3) is 8.63. The summed E-state index contributed by atoms with van der Waals surface area (Å²) in [5, 5.41) is 0. The Bertz CT molecular complexity index is 1140. The Balaban J connectivity index is 0.00000114. The Labute approximate surface area is 206 Å². The molecule has 0 atom stereocenters. The summed E-state index contributed by atoms with van der Waals surface area (Å²) >= 11 is 0.970. The molecule has 2 aromatic carbocycles. The summed E-state index contributed by atoms with van der Waals surface area (Å²) < 4.78 is 37.8. The van der Waals surface area contributed by atoms with Crippen molar-refractivity contribution in [1.82, 2.24) is 4.98 Å². The minimum absolute atomic E-state index is 0.135. The van der Waals surface area contributed by atoms with E-state index in [-0.39, 0.29) is 18.0 Å². The number of hydrogen-bond donors (Lipinski definition) is 0. The van der Waals surface area contributed by atoms with Crippen LogP contribution >= 0.6 is 32.4 Å². The van der Waals surface area contributed by atoms with Gasteiger partial charge in [0.05, 0.1) is 4.90 Å². The number of nitrogens with zero attached hydrogens (tertiary/aromatic N) is 3. The maximum atomic E-state index is 12.4. The molecule has 0 unspecified atom stereocenters. The zero-order chi connectivity index (χ0) is 23.4. The standard InChI is InChI=1S/C20H18N3O4S2.2ClH.Fe/c1-15(22-28-27-26-17-9-5-3-6-10-17)19-13-14-20(21-19)16(2)23-29(24,25)18-11-7-4-8-12-18;;;/h3-14H,1-2H3;2*1H;/q-1;;;+3/p-2/b22-15+,23-16+;;;. The van der Waals surface area contributed by atoms with Crippen molar-refractivity contribution in [2.45, 2.75) is 18.7 Å². The average molecular weight is 555 g/mol. The average Bonchev–Trinajstić information content (AvgIpc) is 3.29. The fourth-order valence-corrected chi connectivity index (χ4v) is 3.69. The van der Waals surface area contributed by atoms with E-state index < -0.39 is 10.0 Å². The second-order valence-electron chi connectivity index (χ2n) is 5.95. The van der Waals surface area contributed by atoms with Crippen LogP contribution in [0.3, 0.4) is 0 Å². The molecule has 0 aliphatic carbocycles. The van der Waals surface area contributed by atoms with Crippen molar-refractivity contribution in [3.05, 3.63) is 84.2 Å². The van der Waals surface area contributed by atoms with Gasteiger partial charge in [0.15, 0.2) is 18.0 Å². The molecule has 0 bridgehead atoms. The van der Waals surface area contributed by atoms with Crippen molar-refractivity contribution in [3.8, 4) is 5.75 Å². The van der Waals surface area contributed by atoms with Crippen LogP contribution in [0.25, 0.3) is 0 Å². The van der Waals surface area contributed by atoms with Gasteiger partial charge in [0, 0.05) is 11.4 Å². The van der Waals surface area contributed by atoms with Crippen LogP contribution in [0.4, 0.5) is 0 Å². The molecule has 3 rings (SSSR count). The monoisotopic (exact) mass is 554 g/mol. The second-order valence-corrected chi connectivity index (χ2v) is 9.84. The fourth-order valence-electron chi connectivity index (χ4n) is 2.29. The molecule has 0 saturated carbocycles. The first kappa shape index (κ1) is 26.5. The van der Waals surface area contributed by atoms with Gasteiger partial charge < -0.3 is 9.87 Å². The van der Waals surface area contributed by atoms with Crippen LogP contribution in [-0.4, -0.2) is 19.8 Å². The van der Waals surface area contributed by atoms with Gasteiger partial charge in [-0.1, -0.05) is 52.9 Å². The Hall–Kier alpha value is -1.78. The summed E-state index contributed by atoms with van der Waals surface area (Å²) in [5.41, 5.74) is 1.93. The third-order valence-corrected chi connectivity index (χ3v) is 5.62. The van der Waals surface area contributed by atoms with Crippen LogP contribution in [0, 0.1) is 0 Å². The summed E-state index contributed by atoms with van der Waals surface area (Å²) in [6, 6.07) is 20.5. The number of aromatic nitrogens is 1. The molecule has 3 aromatic rings. The molecule has 12 heteroatoms. The number of rotatable bonds is 8. The van der Waals surface area contributed by atoms with E-state index in [4.69, 9.17) is 29.4 Å². The maximum absolute atomic E-state index is 12.4. The first-order chi connectivity index (χ1) is 15.4. The first-order valence-electron chi connectivity index (χ1n) is 8.83. The molecule has 0 aliphatic rings. The van der Waals surface area contributed by atoms with Gasteiger partial charge in [-0.2, -0.15) is 17.2 Å². The van der Waals surface area contributed by atoms with Crippen molar-refractivity contribution in [3.63, 3.8) is 0 Å². The van der Waals surface area contributed by atoms with E-state index in [1.54, 1.807) is 56.3 Å². The van der Waals surface area contributed by atoms with Gasteiger partial charge >= 0.3 is 33.3 Å². The summed E-state index contributed by atoms with van der Waals surface area (Å²) in [4.78, 5) is 9.61. The van der Waals surface area contributed by atoms with Gasteiger partial charge in [0.2, 0.25) is 0 Å². The van der Waals surface area contributed by atoms with Gasteiger partial charge in [-0.3, -0.25) is 0 Å². The SMILES string of the molecule is C/C(=N\SOOc1ccccc1)c1ccc(/C(C)=N/S(=O)(=O)c2ccccc2)[n-]1.[Cl][Fe+][Cl]. The summed E-state index contributed by atoms with van der Waals surface area (Å²) in [6.07, 6.45) is 0. The van der Waals surface area contributed by atoms with Crippen LogP contribution in [-0.2, 0) is 27.5 Å². The molecule has 0 fully saturated rings. The summed E-state index contributed by atoms with van der Waals surface area (Å²) in [6.45, 7) is 3.36. The van der Waals surface area contributed by atoms with Gasteiger partial charge in [0.1, 0.15) is 0 Å².